The van der Waals surface area contributed by atoms with E-state index in [4.69, 9.17) is 23.2 Å². The molecular formula is C15H7BrCl2FNO. The lowest BCUT2D eigenvalue weighted by molar-refractivity contribution is 0.0978. The Bertz CT molecular complexity index is 758. The van der Waals surface area contributed by atoms with Crippen LogP contribution in [0.5, 0.6) is 0 Å². The van der Waals surface area contributed by atoms with Crippen molar-refractivity contribution in [3.63, 3.8) is 0 Å². The molecule has 0 aliphatic heterocycles. The molecule has 0 aliphatic rings. The van der Waals surface area contributed by atoms with Gasteiger partial charge in [-0.3, -0.25) is 4.79 Å². The molecule has 6 heteroatoms. The van der Waals surface area contributed by atoms with Crippen LogP contribution in [0.2, 0.25) is 10.0 Å². The first-order valence-corrected chi connectivity index (χ1v) is 7.32. The molecule has 0 radical (unpaired) electrons. The van der Waals surface area contributed by atoms with Crippen molar-refractivity contribution < 1.29 is 9.18 Å². The third kappa shape index (κ3) is 3.44. The Labute approximate surface area is 139 Å². The smallest absolute Gasteiger partial charge is 0.185 e. The summed E-state index contributed by atoms with van der Waals surface area (Å²) in [7, 11) is 0. The van der Waals surface area contributed by atoms with Crippen LogP contribution >= 0.6 is 39.1 Å². The zero-order chi connectivity index (χ0) is 15.6. The van der Waals surface area contributed by atoms with Crippen LogP contribution < -0.4 is 0 Å². The lowest BCUT2D eigenvalue weighted by Crippen LogP contribution is -2.12. The van der Waals surface area contributed by atoms with Crippen molar-refractivity contribution in [1.29, 1.82) is 5.26 Å². The predicted octanol–water partition coefficient (Wildman–Crippen LogP) is 5.39. The number of rotatable bonds is 3. The van der Waals surface area contributed by atoms with Gasteiger partial charge in [0.25, 0.3) is 0 Å². The molecule has 0 bridgehead atoms. The minimum absolute atomic E-state index is 0.217. The Hall–Kier alpha value is -1.41. The van der Waals surface area contributed by atoms with Crippen LogP contribution in [0.4, 0.5) is 4.39 Å². The molecule has 0 spiro atoms. The van der Waals surface area contributed by atoms with Crippen LogP contribution in [-0.4, -0.2) is 5.78 Å². The molecule has 106 valence electrons. The van der Waals surface area contributed by atoms with Gasteiger partial charge in [-0.2, -0.15) is 5.26 Å². The van der Waals surface area contributed by atoms with Gasteiger partial charge < -0.3 is 0 Å². The van der Waals surface area contributed by atoms with E-state index in [1.54, 1.807) is 6.07 Å². The van der Waals surface area contributed by atoms with Crippen LogP contribution in [0.3, 0.4) is 0 Å². The first kappa shape index (κ1) is 16.0. The van der Waals surface area contributed by atoms with Gasteiger partial charge in [0.15, 0.2) is 5.78 Å². The largest absolute Gasteiger partial charge is 0.292 e. The zero-order valence-corrected chi connectivity index (χ0v) is 13.5. The monoisotopic (exact) mass is 385 g/mol. The fourth-order valence-corrected chi connectivity index (χ4v) is 2.91. The molecule has 2 aromatic rings. The minimum Gasteiger partial charge on any atom is -0.292 e. The Morgan fingerprint density at radius 3 is 2.52 bits per heavy atom. The molecule has 0 amide bonds. The number of hydrogen-bond donors (Lipinski definition) is 0. The Kier molecular flexibility index (Phi) is 5.00. The van der Waals surface area contributed by atoms with Gasteiger partial charge in [-0.05, 0) is 51.8 Å². The van der Waals surface area contributed by atoms with Crippen molar-refractivity contribution in [2.75, 3.05) is 0 Å². The van der Waals surface area contributed by atoms with Crippen LogP contribution in [0.1, 0.15) is 21.8 Å². The van der Waals surface area contributed by atoms with E-state index >= 15 is 0 Å². The molecule has 0 aliphatic carbocycles. The summed E-state index contributed by atoms with van der Waals surface area (Å²) >= 11 is 15.0. The summed E-state index contributed by atoms with van der Waals surface area (Å²) in [5.74, 6) is -2.03. The standard InChI is InChI=1S/C15H7BrCl2FNO/c16-13-6-9(19)2-4-11(13)15(21)12(7-20)10-3-1-8(17)5-14(10)18/h1-6,12H. The van der Waals surface area contributed by atoms with Gasteiger partial charge in [-0.1, -0.05) is 29.3 Å². The van der Waals surface area contributed by atoms with E-state index in [9.17, 15) is 14.4 Å². The van der Waals surface area contributed by atoms with E-state index in [0.717, 1.165) is 6.07 Å². The molecule has 2 nitrogen and oxygen atoms in total. The number of nitrogens with zero attached hydrogens (tertiary/aromatic N) is 1. The first-order chi connectivity index (χ1) is 9.93. The lowest BCUT2D eigenvalue weighted by Gasteiger charge is -2.12. The average molecular weight is 387 g/mol. The van der Waals surface area contributed by atoms with Gasteiger partial charge in [0.1, 0.15) is 11.7 Å². The Morgan fingerprint density at radius 2 is 1.95 bits per heavy atom. The summed E-state index contributed by atoms with van der Waals surface area (Å²) in [6.07, 6.45) is 0. The van der Waals surface area contributed by atoms with E-state index in [2.05, 4.69) is 15.9 Å². The molecular weight excluding hydrogens is 380 g/mol. The number of carbonyl (C=O) groups is 1. The zero-order valence-electron chi connectivity index (χ0n) is 10.4. The second-order valence-corrected chi connectivity index (χ2v) is 5.91. The molecule has 0 saturated carbocycles. The van der Waals surface area contributed by atoms with Crippen LogP contribution in [0.15, 0.2) is 40.9 Å². The summed E-state index contributed by atoms with van der Waals surface area (Å²) in [5, 5.41) is 9.95. The number of hydrogen-bond acceptors (Lipinski definition) is 2. The summed E-state index contributed by atoms with van der Waals surface area (Å²) in [5.41, 5.74) is 0.582. The predicted molar refractivity (Wildman–Crippen MR) is 83.2 cm³/mol. The quantitative estimate of drug-likeness (QED) is 0.664. The number of nitriles is 1. The van der Waals surface area contributed by atoms with Crippen molar-refractivity contribution in [1.82, 2.24) is 0 Å². The number of ketones is 1. The lowest BCUT2D eigenvalue weighted by atomic mass is 9.92. The van der Waals surface area contributed by atoms with Crippen molar-refractivity contribution in [3.8, 4) is 6.07 Å². The highest BCUT2D eigenvalue weighted by Crippen LogP contribution is 2.31. The fraction of sp³-hybridized carbons (Fsp3) is 0.0667. The van der Waals surface area contributed by atoms with Gasteiger partial charge in [0, 0.05) is 20.1 Å². The van der Waals surface area contributed by atoms with Gasteiger partial charge in [0.05, 0.1) is 6.07 Å². The van der Waals surface area contributed by atoms with Crippen LogP contribution in [0.25, 0.3) is 0 Å². The Balaban J connectivity index is 2.46. The minimum atomic E-state index is -1.09. The van der Waals surface area contributed by atoms with Gasteiger partial charge in [0.2, 0.25) is 0 Å². The van der Waals surface area contributed by atoms with Crippen LogP contribution in [-0.2, 0) is 0 Å². The summed E-state index contributed by atoms with van der Waals surface area (Å²) in [4.78, 5) is 12.5. The number of benzene rings is 2. The second-order valence-electron chi connectivity index (χ2n) is 4.22. The van der Waals surface area contributed by atoms with E-state index in [0.29, 0.717) is 10.6 Å². The van der Waals surface area contributed by atoms with Crippen LogP contribution in [0, 0.1) is 17.1 Å². The molecule has 2 aromatic carbocycles. The Morgan fingerprint density at radius 1 is 1.24 bits per heavy atom. The molecule has 0 N–H and O–H groups in total. The number of Topliss-reactive ketones (excluding diaryl/α,β-unsaturated/α-hetero) is 1. The molecule has 0 aromatic heterocycles. The summed E-state index contributed by atoms with van der Waals surface area (Å²) in [6.45, 7) is 0. The average Bonchev–Trinajstić information content (AvgIpc) is 2.41. The fourth-order valence-electron chi connectivity index (χ4n) is 1.85. The van der Waals surface area contributed by atoms with E-state index in [-0.39, 0.29) is 15.1 Å². The van der Waals surface area contributed by atoms with Crippen molar-refractivity contribution >= 4 is 44.9 Å². The van der Waals surface area contributed by atoms with E-state index in [1.807, 2.05) is 6.07 Å². The third-order valence-corrected chi connectivity index (χ3v) is 4.08. The maximum Gasteiger partial charge on any atom is 0.185 e. The molecule has 0 fully saturated rings. The SMILES string of the molecule is N#CC(C(=O)c1ccc(F)cc1Br)c1ccc(Cl)cc1Cl. The molecule has 1 atom stereocenters. The van der Waals surface area contributed by atoms with Crippen molar-refractivity contribution in [2.45, 2.75) is 5.92 Å². The molecule has 21 heavy (non-hydrogen) atoms. The molecule has 1 unspecified atom stereocenters. The first-order valence-electron chi connectivity index (χ1n) is 5.78. The molecule has 0 saturated heterocycles. The maximum absolute atomic E-state index is 13.1. The van der Waals surface area contributed by atoms with Gasteiger partial charge >= 0.3 is 0 Å². The number of carbonyl (C=O) groups excluding carboxylic acids is 1. The van der Waals surface area contributed by atoms with Gasteiger partial charge in [-0.25, -0.2) is 4.39 Å². The molecule has 2 rings (SSSR count). The topological polar surface area (TPSA) is 40.9 Å². The highest BCUT2D eigenvalue weighted by Gasteiger charge is 2.25. The summed E-state index contributed by atoms with van der Waals surface area (Å²) < 4.78 is 13.4. The van der Waals surface area contributed by atoms with E-state index < -0.39 is 17.5 Å². The molecule has 0 heterocycles. The van der Waals surface area contributed by atoms with Crippen molar-refractivity contribution in [2.24, 2.45) is 0 Å². The normalized spacial score (nSPS) is 11.8. The highest BCUT2D eigenvalue weighted by molar-refractivity contribution is 9.10. The summed E-state index contributed by atoms with van der Waals surface area (Å²) in [6, 6.07) is 10.1. The van der Waals surface area contributed by atoms with Crippen molar-refractivity contribution in [3.05, 3.63) is 67.9 Å². The van der Waals surface area contributed by atoms with Gasteiger partial charge in [-0.15, -0.1) is 0 Å². The third-order valence-electron chi connectivity index (χ3n) is 2.86. The maximum atomic E-state index is 13.1. The highest BCUT2D eigenvalue weighted by atomic mass is 79.9. The number of halogens is 4. The van der Waals surface area contributed by atoms with E-state index in [1.165, 1.54) is 24.3 Å². The second kappa shape index (κ2) is 6.57.